The van der Waals surface area contributed by atoms with Crippen molar-refractivity contribution in [3.05, 3.63) is 35.2 Å². The first kappa shape index (κ1) is 17.8. The number of likely N-dealkylation sites (tertiary alicyclic amines) is 1. The average molecular weight is 373 g/mol. The first-order chi connectivity index (χ1) is 12.9. The molecule has 1 aromatic carbocycles. The molecule has 2 aliphatic rings. The van der Waals surface area contributed by atoms with Gasteiger partial charge in [0, 0.05) is 12.8 Å². The number of benzene rings is 1. The number of rotatable bonds is 4. The van der Waals surface area contributed by atoms with E-state index >= 15 is 0 Å². The molecule has 8 nitrogen and oxygen atoms in total. The van der Waals surface area contributed by atoms with E-state index < -0.39 is 5.60 Å². The Morgan fingerprint density at radius 2 is 2.04 bits per heavy atom. The third-order valence-corrected chi connectivity index (χ3v) is 5.50. The van der Waals surface area contributed by atoms with Crippen molar-refractivity contribution in [1.82, 2.24) is 10.2 Å². The fourth-order valence-electron chi connectivity index (χ4n) is 3.81. The van der Waals surface area contributed by atoms with E-state index in [1.54, 1.807) is 0 Å². The van der Waals surface area contributed by atoms with Crippen molar-refractivity contribution in [3.8, 4) is 11.5 Å². The van der Waals surface area contributed by atoms with Crippen molar-refractivity contribution in [2.45, 2.75) is 32.3 Å². The lowest BCUT2D eigenvalue weighted by Gasteiger charge is -2.36. The van der Waals surface area contributed by atoms with E-state index in [4.69, 9.17) is 9.47 Å². The number of carbonyl (C=O) groups is 1. The van der Waals surface area contributed by atoms with Crippen molar-refractivity contribution < 1.29 is 24.3 Å². The highest BCUT2D eigenvalue weighted by molar-refractivity contribution is 5.92. The number of nitrogens with zero attached hydrogens (tertiary/aromatic N) is 1. The minimum atomic E-state index is -0.890. The molecule has 8 heteroatoms. The molecule has 0 unspecified atom stereocenters. The lowest BCUT2D eigenvalue weighted by atomic mass is 9.84. The minimum Gasteiger partial charge on any atom is -0.454 e. The summed E-state index contributed by atoms with van der Waals surface area (Å²) in [5, 5.41) is 21.0. The van der Waals surface area contributed by atoms with Gasteiger partial charge in [0.15, 0.2) is 18.0 Å². The van der Waals surface area contributed by atoms with Crippen molar-refractivity contribution in [2.75, 3.05) is 31.7 Å². The number of fused-ring (bicyclic) bond motifs is 1. The van der Waals surface area contributed by atoms with Gasteiger partial charge in [-0.1, -0.05) is 6.07 Å². The molecule has 0 bridgehead atoms. The predicted molar refractivity (Wildman–Crippen MR) is 98.0 cm³/mol. The van der Waals surface area contributed by atoms with Crippen LogP contribution in [0.1, 0.15) is 29.8 Å². The van der Waals surface area contributed by atoms with Gasteiger partial charge in [0.05, 0.1) is 30.2 Å². The first-order valence-electron chi connectivity index (χ1n) is 9.22. The molecule has 2 aliphatic heterocycles. The molecule has 144 valence electrons. The fourth-order valence-corrected chi connectivity index (χ4v) is 3.81. The highest BCUT2D eigenvalue weighted by atomic mass is 16.7. The van der Waals surface area contributed by atoms with Crippen LogP contribution in [0.3, 0.4) is 0 Å². The van der Waals surface area contributed by atoms with E-state index in [2.05, 4.69) is 15.5 Å². The second-order valence-corrected chi connectivity index (χ2v) is 7.38. The summed E-state index contributed by atoms with van der Waals surface area (Å²) in [7, 11) is 0. The van der Waals surface area contributed by atoms with E-state index in [0.29, 0.717) is 30.9 Å². The Balaban J connectivity index is 1.35. The highest BCUT2D eigenvalue weighted by Crippen LogP contribution is 2.38. The number of hydrogen-bond donors (Lipinski definition) is 4. The van der Waals surface area contributed by atoms with Crippen LogP contribution in [0.5, 0.6) is 11.5 Å². The molecule has 0 spiro atoms. The molecule has 2 aromatic rings. The van der Waals surface area contributed by atoms with Gasteiger partial charge in [-0.3, -0.25) is 9.89 Å². The topological polar surface area (TPSA) is 101 Å². The third-order valence-electron chi connectivity index (χ3n) is 5.50. The zero-order chi connectivity index (χ0) is 19.0. The van der Waals surface area contributed by atoms with Gasteiger partial charge in [-0.2, -0.15) is 5.10 Å². The van der Waals surface area contributed by atoms with Gasteiger partial charge in [0.1, 0.15) is 5.60 Å². The van der Waals surface area contributed by atoms with E-state index in [9.17, 15) is 9.90 Å². The first-order valence-corrected chi connectivity index (χ1v) is 9.22. The Labute approximate surface area is 157 Å². The number of aromatic nitrogens is 2. The van der Waals surface area contributed by atoms with E-state index in [1.807, 2.05) is 32.0 Å². The number of aliphatic hydroxyl groups is 1. The monoisotopic (exact) mass is 373 g/mol. The maximum atomic E-state index is 12.4. The Kier molecular flexibility index (Phi) is 4.53. The third kappa shape index (κ3) is 3.50. The maximum absolute atomic E-state index is 12.4. The molecular weight excluding hydrogens is 348 g/mol. The normalized spacial score (nSPS) is 24.0. The molecule has 0 aliphatic carbocycles. The number of aryl methyl sites for hydroxylation is 2. The molecule has 4 N–H and O–H groups in total. The Bertz CT molecular complexity index is 836. The highest BCUT2D eigenvalue weighted by Gasteiger charge is 2.37. The van der Waals surface area contributed by atoms with Gasteiger partial charge in [0.25, 0.3) is 5.91 Å². The van der Waals surface area contributed by atoms with Crippen LogP contribution < -0.4 is 19.7 Å². The van der Waals surface area contributed by atoms with Crippen molar-refractivity contribution in [1.29, 1.82) is 0 Å². The molecule has 1 fully saturated rings. The van der Waals surface area contributed by atoms with Crippen molar-refractivity contribution in [2.24, 2.45) is 0 Å². The standard InChI is InChI=1S/C19H24N4O4/c1-12-18(13(2)22-21-12)20-17(24)10-23-7-5-19(25,6-8-23)14-3-4-15-16(9-14)27-11-26-15/h3-4,9,25H,5-8,10-11H2,1-2H3,(H,20,24)(H,21,22)/p+1. The summed E-state index contributed by atoms with van der Waals surface area (Å²) in [6.45, 7) is 5.79. The fraction of sp³-hybridized carbons (Fsp3) is 0.474. The van der Waals surface area contributed by atoms with Crippen LogP contribution in [0.2, 0.25) is 0 Å². The molecular formula is C19H25N4O4+. The molecule has 0 atom stereocenters. The number of nitrogens with one attached hydrogen (secondary N) is 3. The summed E-state index contributed by atoms with van der Waals surface area (Å²) < 4.78 is 10.8. The second kappa shape index (κ2) is 6.86. The van der Waals surface area contributed by atoms with Crippen LogP contribution in [0.25, 0.3) is 0 Å². The van der Waals surface area contributed by atoms with Gasteiger partial charge in [0.2, 0.25) is 6.79 Å². The van der Waals surface area contributed by atoms with Crippen LogP contribution >= 0.6 is 0 Å². The zero-order valence-corrected chi connectivity index (χ0v) is 15.6. The van der Waals surface area contributed by atoms with Crippen LogP contribution in [0, 0.1) is 13.8 Å². The second-order valence-electron chi connectivity index (χ2n) is 7.38. The smallest absolute Gasteiger partial charge is 0.279 e. The quantitative estimate of drug-likeness (QED) is 0.616. The summed E-state index contributed by atoms with van der Waals surface area (Å²) >= 11 is 0. The molecule has 0 saturated carbocycles. The zero-order valence-electron chi connectivity index (χ0n) is 15.6. The average Bonchev–Trinajstić information content (AvgIpc) is 3.25. The number of carbonyl (C=O) groups excluding carboxylic acids is 1. The number of quaternary nitrogens is 1. The number of amides is 1. The molecule has 1 aromatic heterocycles. The molecule has 1 saturated heterocycles. The Morgan fingerprint density at radius 3 is 2.74 bits per heavy atom. The summed E-state index contributed by atoms with van der Waals surface area (Å²) in [5.41, 5.74) is 2.35. The Hall–Kier alpha value is -2.58. The summed E-state index contributed by atoms with van der Waals surface area (Å²) in [6, 6.07) is 5.61. The maximum Gasteiger partial charge on any atom is 0.279 e. The number of hydrogen-bond acceptors (Lipinski definition) is 5. The van der Waals surface area contributed by atoms with Gasteiger partial charge in [-0.15, -0.1) is 0 Å². The number of ether oxygens (including phenoxy) is 2. The number of H-pyrrole nitrogens is 1. The van der Waals surface area contributed by atoms with E-state index in [1.165, 1.54) is 0 Å². The van der Waals surface area contributed by atoms with Gasteiger partial charge < -0.3 is 24.8 Å². The van der Waals surface area contributed by atoms with Crippen LogP contribution in [-0.2, 0) is 10.4 Å². The SMILES string of the molecule is Cc1n[nH]c(C)c1NC(=O)C[NH+]1CCC(O)(c2ccc3c(c2)OCO3)CC1. The molecule has 4 rings (SSSR count). The number of aromatic amines is 1. The number of piperidine rings is 1. The number of anilines is 1. The van der Waals surface area contributed by atoms with Crippen molar-refractivity contribution in [3.63, 3.8) is 0 Å². The van der Waals surface area contributed by atoms with E-state index in [0.717, 1.165) is 40.6 Å². The summed E-state index contributed by atoms with van der Waals surface area (Å²) in [5.74, 6) is 1.36. The van der Waals surface area contributed by atoms with Crippen LogP contribution in [0.15, 0.2) is 18.2 Å². The molecule has 27 heavy (non-hydrogen) atoms. The summed E-state index contributed by atoms with van der Waals surface area (Å²) in [4.78, 5) is 13.5. The lowest BCUT2D eigenvalue weighted by molar-refractivity contribution is -0.899. The lowest BCUT2D eigenvalue weighted by Crippen LogP contribution is -3.14. The van der Waals surface area contributed by atoms with Crippen LogP contribution in [-0.4, -0.2) is 47.6 Å². The van der Waals surface area contributed by atoms with Crippen LogP contribution in [0.4, 0.5) is 5.69 Å². The molecule has 3 heterocycles. The van der Waals surface area contributed by atoms with Gasteiger partial charge in [-0.05, 0) is 31.5 Å². The van der Waals surface area contributed by atoms with Gasteiger partial charge in [-0.25, -0.2) is 0 Å². The van der Waals surface area contributed by atoms with E-state index in [-0.39, 0.29) is 12.7 Å². The molecule has 1 amide bonds. The van der Waals surface area contributed by atoms with Gasteiger partial charge >= 0.3 is 0 Å². The van der Waals surface area contributed by atoms with Crippen molar-refractivity contribution >= 4 is 11.6 Å². The minimum absolute atomic E-state index is 0.0360. The Morgan fingerprint density at radius 1 is 1.30 bits per heavy atom. The largest absolute Gasteiger partial charge is 0.454 e. The summed E-state index contributed by atoms with van der Waals surface area (Å²) in [6.07, 6.45) is 1.19. The molecule has 0 radical (unpaired) electrons. The predicted octanol–water partition coefficient (Wildman–Crippen LogP) is 0.260.